The Hall–Kier alpha value is -5.66. The summed E-state index contributed by atoms with van der Waals surface area (Å²) in [6.45, 7) is 0. The minimum atomic E-state index is -0.756. The number of hydrogen-bond donors (Lipinski definition) is 0. The third-order valence-corrected chi connectivity index (χ3v) is 7.80. The molecule has 0 aliphatic heterocycles. The molecule has 43 heavy (non-hydrogen) atoms. The number of rotatable bonds is 3. The van der Waals surface area contributed by atoms with Crippen molar-refractivity contribution in [3.8, 4) is 33.4 Å². The molecule has 1 heterocycles. The molecule has 0 radical (unpaired) electrons. The van der Waals surface area contributed by atoms with E-state index in [0.717, 1.165) is 16.3 Å². The van der Waals surface area contributed by atoms with Gasteiger partial charge >= 0.3 is 0 Å². The van der Waals surface area contributed by atoms with E-state index in [9.17, 15) is 6.85 Å². The fraction of sp³-hybridized carbons (Fsp3) is 0. The van der Waals surface area contributed by atoms with E-state index in [2.05, 4.69) is 0 Å². The molecule has 0 saturated heterocycles. The molecule has 0 N–H and O–H groups in total. The number of furan rings is 1. The summed E-state index contributed by atoms with van der Waals surface area (Å²) in [6, 6.07) is 9.92. The van der Waals surface area contributed by atoms with Crippen LogP contribution in [0.1, 0.15) is 20.6 Å². The first kappa shape index (κ1) is 13.5. The van der Waals surface area contributed by atoms with Gasteiger partial charge in [0.15, 0.2) is 0 Å². The van der Waals surface area contributed by atoms with Gasteiger partial charge < -0.3 is 4.42 Å². The smallest absolute Gasteiger partial charge is 0.136 e. The molecule has 1 aromatic heterocycles. The van der Waals surface area contributed by atoms with Crippen molar-refractivity contribution >= 4 is 54.3 Å². The fourth-order valence-electron chi connectivity index (χ4n) is 6.02. The second-order valence-corrected chi connectivity index (χ2v) is 10.1. The number of benzene rings is 8. The lowest BCUT2D eigenvalue weighted by atomic mass is 9.84. The van der Waals surface area contributed by atoms with E-state index in [0.29, 0.717) is 22.3 Å². The highest BCUT2D eigenvalue weighted by Crippen LogP contribution is 2.46. The Kier molecular flexibility index (Phi) is 2.97. The number of para-hydroxylation sites is 1. The van der Waals surface area contributed by atoms with Gasteiger partial charge in [0.25, 0.3) is 0 Å². The zero-order valence-corrected chi connectivity index (χ0v) is 22.3. The van der Waals surface area contributed by atoms with Gasteiger partial charge in [0.1, 0.15) is 11.2 Å². The van der Waals surface area contributed by atoms with Gasteiger partial charge in [-0.2, -0.15) is 0 Å². The van der Waals surface area contributed by atoms with Crippen molar-refractivity contribution < 1.29 is 25.0 Å². The van der Waals surface area contributed by atoms with Crippen molar-refractivity contribution in [3.05, 3.63) is 157 Å². The van der Waals surface area contributed by atoms with Crippen LogP contribution in [0, 0.1) is 0 Å². The summed E-state index contributed by atoms with van der Waals surface area (Å²) in [5.74, 6) is 0. The molecule has 0 atom stereocenters. The molecule has 0 aliphatic carbocycles. The quantitative estimate of drug-likeness (QED) is 0.196. The van der Waals surface area contributed by atoms with Crippen LogP contribution in [0.2, 0.25) is 0 Å². The molecule has 0 aliphatic rings. The summed E-state index contributed by atoms with van der Waals surface area (Å²) in [5.41, 5.74) is 2.26. The maximum absolute atomic E-state index is 9.37. The van der Waals surface area contributed by atoms with Crippen LogP contribution < -0.4 is 0 Å². The van der Waals surface area contributed by atoms with Gasteiger partial charge in [-0.1, -0.05) is 139 Å². The normalized spacial score (nSPS) is 16.6. The molecule has 0 spiro atoms. The van der Waals surface area contributed by atoms with Gasteiger partial charge in [-0.3, -0.25) is 0 Å². The monoisotopic (exact) mass is 561 g/mol. The molecule has 1 nitrogen and oxygen atoms in total. The summed E-state index contributed by atoms with van der Waals surface area (Å²) >= 11 is 0. The molecule has 0 unspecified atom stereocenters. The van der Waals surface area contributed by atoms with Crippen molar-refractivity contribution in [2.75, 3.05) is 0 Å². The first-order valence-electron chi connectivity index (χ1n) is 21.1. The molecular formula is C42H26O. The summed E-state index contributed by atoms with van der Waals surface area (Å²) in [6.07, 6.45) is 0. The van der Waals surface area contributed by atoms with Gasteiger partial charge in [0.05, 0.1) is 20.6 Å². The first-order chi connectivity index (χ1) is 27.6. The molecular weight excluding hydrogens is 520 g/mol. The lowest BCUT2D eigenvalue weighted by Crippen LogP contribution is -1.92. The van der Waals surface area contributed by atoms with Crippen molar-refractivity contribution in [3.63, 3.8) is 0 Å². The van der Waals surface area contributed by atoms with E-state index in [1.807, 2.05) is 48.5 Å². The lowest BCUT2D eigenvalue weighted by molar-refractivity contribution is 0.669. The highest BCUT2D eigenvalue weighted by molar-refractivity contribution is 6.23. The topological polar surface area (TPSA) is 13.1 Å². The molecule has 0 amide bonds. The summed E-state index contributed by atoms with van der Waals surface area (Å²) in [7, 11) is 0. The number of hydrogen-bond acceptors (Lipinski definition) is 1. The van der Waals surface area contributed by atoms with E-state index in [1.165, 1.54) is 0 Å². The van der Waals surface area contributed by atoms with Gasteiger partial charge in [-0.15, -0.1) is 0 Å². The van der Waals surface area contributed by atoms with Crippen LogP contribution in [0.15, 0.2) is 162 Å². The van der Waals surface area contributed by atoms with Crippen molar-refractivity contribution in [2.45, 2.75) is 0 Å². The van der Waals surface area contributed by atoms with Crippen LogP contribution in [0.5, 0.6) is 0 Å². The minimum absolute atomic E-state index is 0.0276. The maximum atomic E-state index is 9.37. The van der Waals surface area contributed by atoms with Crippen LogP contribution >= 0.6 is 0 Å². The molecule has 9 aromatic rings. The molecule has 1 heteroatoms. The van der Waals surface area contributed by atoms with Gasteiger partial charge in [0.2, 0.25) is 0 Å². The molecule has 0 fully saturated rings. The van der Waals surface area contributed by atoms with Crippen molar-refractivity contribution in [2.24, 2.45) is 0 Å². The SMILES string of the molecule is [2H]c1c([2H])c([2H])c2c(-c3c4c([2H])c([2H])c([2H])c([2H])c4c(-c4cccc(-c5cccc6oc7ccccc7c56)c4)c4c([2H])c([2H])c([2H])c([2H])c34)c([2H])c([2H])c([2H])c2c1[2H]. The molecule has 0 saturated carbocycles. The van der Waals surface area contributed by atoms with E-state index >= 15 is 0 Å². The Labute approximate surface area is 270 Å². The van der Waals surface area contributed by atoms with E-state index in [-0.39, 0.29) is 32.7 Å². The number of fused-ring (bicyclic) bond motifs is 6. The standard InChI is InChI=1S/C42H26O/c1-2-16-30-27(12-1)13-10-23-32(30)41-35-19-5-3-17-33(35)40(34-18-4-6-20-36(34)41)29-15-9-14-28(26-29)31-22-11-25-39-42(31)37-21-7-8-24-38(37)43-39/h1-26H/i1D,2D,3D,4D,5D,6D,10D,12D,13D,16D,17D,18D,19D,20D,23D. The molecule has 200 valence electrons. The Morgan fingerprint density at radius 2 is 1.02 bits per heavy atom. The predicted molar refractivity (Wildman–Crippen MR) is 183 cm³/mol. The Morgan fingerprint density at radius 3 is 1.81 bits per heavy atom. The second-order valence-electron chi connectivity index (χ2n) is 10.1. The molecule has 9 rings (SSSR count). The first-order valence-corrected chi connectivity index (χ1v) is 13.6. The largest absolute Gasteiger partial charge is 0.456 e. The summed E-state index contributed by atoms with van der Waals surface area (Å²) in [5, 5.41) is -0.136. The van der Waals surface area contributed by atoms with E-state index in [1.54, 1.807) is 18.2 Å². The fourth-order valence-corrected chi connectivity index (χ4v) is 6.02. The highest BCUT2D eigenvalue weighted by atomic mass is 16.3. The zero-order valence-electron chi connectivity index (χ0n) is 37.3. The van der Waals surface area contributed by atoms with Crippen LogP contribution in [0.4, 0.5) is 0 Å². The van der Waals surface area contributed by atoms with Crippen LogP contribution in [0.3, 0.4) is 0 Å². The minimum Gasteiger partial charge on any atom is -0.456 e. The third-order valence-electron chi connectivity index (χ3n) is 7.80. The van der Waals surface area contributed by atoms with Crippen molar-refractivity contribution in [1.29, 1.82) is 0 Å². The maximum Gasteiger partial charge on any atom is 0.136 e. The Balaban J connectivity index is 1.55. The van der Waals surface area contributed by atoms with Crippen LogP contribution in [-0.4, -0.2) is 0 Å². The van der Waals surface area contributed by atoms with E-state index < -0.39 is 107 Å². The van der Waals surface area contributed by atoms with Gasteiger partial charge in [-0.25, -0.2) is 0 Å². The molecule has 8 aromatic carbocycles. The lowest BCUT2D eigenvalue weighted by Gasteiger charge is -2.19. The van der Waals surface area contributed by atoms with Crippen LogP contribution in [-0.2, 0) is 0 Å². The van der Waals surface area contributed by atoms with Crippen molar-refractivity contribution in [1.82, 2.24) is 0 Å². The summed E-state index contributed by atoms with van der Waals surface area (Å²) < 4.78 is 140. The predicted octanol–water partition coefficient (Wildman–Crippen LogP) is 12.0. The average Bonchev–Trinajstić information content (AvgIpc) is 3.62. The van der Waals surface area contributed by atoms with Gasteiger partial charge in [-0.05, 0) is 83.9 Å². The Bertz CT molecular complexity index is 3260. The zero-order chi connectivity index (χ0) is 41.4. The second kappa shape index (κ2) is 9.44. The van der Waals surface area contributed by atoms with Gasteiger partial charge in [0, 0.05) is 10.8 Å². The third kappa shape index (κ3) is 3.65. The van der Waals surface area contributed by atoms with Crippen LogP contribution in [0.25, 0.3) is 87.6 Å². The van der Waals surface area contributed by atoms with E-state index in [4.69, 9.17) is 18.1 Å². The summed E-state index contributed by atoms with van der Waals surface area (Å²) in [4.78, 5) is 0. The Morgan fingerprint density at radius 1 is 0.419 bits per heavy atom. The highest BCUT2D eigenvalue weighted by Gasteiger charge is 2.19. The molecule has 0 bridgehead atoms. The average molecular weight is 562 g/mol.